The fraction of sp³-hybridized carbons (Fsp3) is 0.350. The van der Waals surface area contributed by atoms with Gasteiger partial charge in [-0.3, -0.25) is 19.7 Å². The Morgan fingerprint density at radius 3 is 2.57 bits per heavy atom. The molecule has 3 heterocycles. The normalized spacial score (nSPS) is 29.2. The summed E-state index contributed by atoms with van der Waals surface area (Å²) in [5.74, 6) is -3.46. The van der Waals surface area contributed by atoms with Crippen LogP contribution >= 0.6 is 0 Å². The van der Waals surface area contributed by atoms with Crippen molar-refractivity contribution >= 4 is 23.5 Å². The molecule has 0 spiro atoms. The molecule has 4 rings (SSSR count). The van der Waals surface area contributed by atoms with Gasteiger partial charge < -0.3 is 9.15 Å². The third-order valence-electron chi connectivity index (χ3n) is 5.42. The number of nitrogens with one attached hydrogen (secondary N) is 1. The lowest BCUT2D eigenvalue weighted by atomic mass is 9.81. The highest BCUT2D eigenvalue weighted by Gasteiger charge is 2.67. The Hall–Kier alpha value is -3.00. The number of carbonyl (C=O) groups excluding carboxylic acids is 3. The first-order valence-corrected chi connectivity index (χ1v) is 9.00. The van der Waals surface area contributed by atoms with Crippen molar-refractivity contribution in [2.45, 2.75) is 25.4 Å². The fourth-order valence-corrected chi connectivity index (χ4v) is 4.16. The summed E-state index contributed by atoms with van der Waals surface area (Å²) in [7, 11) is 0. The van der Waals surface area contributed by atoms with Crippen LogP contribution in [0.2, 0.25) is 0 Å². The lowest BCUT2D eigenvalue weighted by Gasteiger charge is -2.28. The van der Waals surface area contributed by atoms with E-state index in [1.165, 1.54) is 30.5 Å². The summed E-state index contributed by atoms with van der Waals surface area (Å²) in [5, 5.41) is 3.10. The number of amides is 2. The lowest BCUT2D eigenvalue weighted by Crippen LogP contribution is -2.54. The predicted octanol–water partition coefficient (Wildman–Crippen LogP) is 2.19. The molecule has 0 saturated carbocycles. The van der Waals surface area contributed by atoms with E-state index in [0.717, 1.165) is 4.90 Å². The topological polar surface area (TPSA) is 88.8 Å². The van der Waals surface area contributed by atoms with Crippen LogP contribution in [0.3, 0.4) is 0 Å². The molecule has 2 aromatic rings. The minimum absolute atomic E-state index is 0.142. The average molecular weight is 386 g/mol. The number of nitrogens with zero attached hydrogens (tertiary/aromatic N) is 1. The predicted molar refractivity (Wildman–Crippen MR) is 95.5 cm³/mol. The third kappa shape index (κ3) is 2.56. The maximum Gasteiger partial charge on any atom is 0.326 e. The first-order chi connectivity index (χ1) is 13.4. The van der Waals surface area contributed by atoms with E-state index in [9.17, 15) is 18.8 Å². The van der Waals surface area contributed by atoms with E-state index in [2.05, 4.69) is 5.32 Å². The van der Waals surface area contributed by atoms with Gasteiger partial charge in [0.2, 0.25) is 11.8 Å². The number of esters is 1. The average Bonchev–Trinajstić information content (AvgIpc) is 3.35. The second-order valence-electron chi connectivity index (χ2n) is 7.05. The van der Waals surface area contributed by atoms with Gasteiger partial charge in [0.05, 0.1) is 36.4 Å². The first kappa shape index (κ1) is 18.4. The maximum absolute atomic E-state index is 13.3. The Kier molecular flexibility index (Phi) is 4.30. The van der Waals surface area contributed by atoms with Crippen LogP contribution in [0.15, 0.2) is 47.1 Å². The van der Waals surface area contributed by atoms with Gasteiger partial charge in [-0.1, -0.05) is 0 Å². The standard InChI is InChI=1S/C20H19FN2O5/c1-3-27-19(26)20(2)15-14(16(22-20)13-5-4-10-28-13)17(24)23(18(15)25)12-8-6-11(21)7-9-12/h4-10,14-16,22H,3H2,1-2H3/t14-,15-,16+,20+/m0/s1. The number of imide groups is 1. The number of ether oxygens (including phenoxy) is 1. The Bertz CT molecular complexity index is 927. The molecule has 0 unspecified atom stereocenters. The Morgan fingerprint density at radius 1 is 1.25 bits per heavy atom. The van der Waals surface area contributed by atoms with Crippen molar-refractivity contribution < 1.29 is 27.9 Å². The monoisotopic (exact) mass is 386 g/mol. The Balaban J connectivity index is 1.80. The maximum atomic E-state index is 13.3. The van der Waals surface area contributed by atoms with E-state index < -0.39 is 47.0 Å². The molecule has 2 fully saturated rings. The number of rotatable bonds is 4. The largest absolute Gasteiger partial charge is 0.468 e. The zero-order valence-corrected chi connectivity index (χ0v) is 15.3. The summed E-state index contributed by atoms with van der Waals surface area (Å²) in [6, 6.07) is 7.77. The summed E-state index contributed by atoms with van der Waals surface area (Å²) in [6.45, 7) is 3.37. The van der Waals surface area contributed by atoms with E-state index in [0.29, 0.717) is 5.76 Å². The molecular weight excluding hydrogens is 367 g/mol. The van der Waals surface area contributed by atoms with E-state index in [1.54, 1.807) is 26.0 Å². The smallest absolute Gasteiger partial charge is 0.326 e. The molecule has 1 aromatic carbocycles. The molecule has 1 N–H and O–H groups in total. The van der Waals surface area contributed by atoms with Crippen molar-refractivity contribution in [1.82, 2.24) is 5.32 Å². The number of benzene rings is 1. The van der Waals surface area contributed by atoms with Gasteiger partial charge in [-0.15, -0.1) is 0 Å². The van der Waals surface area contributed by atoms with Crippen molar-refractivity contribution in [3.05, 3.63) is 54.2 Å². The van der Waals surface area contributed by atoms with Gasteiger partial charge in [-0.25, -0.2) is 9.29 Å². The third-order valence-corrected chi connectivity index (χ3v) is 5.42. The zero-order valence-electron chi connectivity index (χ0n) is 15.3. The van der Waals surface area contributed by atoms with Crippen LogP contribution in [0.1, 0.15) is 25.6 Å². The molecule has 2 aliphatic rings. The number of fused-ring (bicyclic) bond motifs is 1. The number of halogens is 1. The van der Waals surface area contributed by atoms with E-state index in [1.807, 2.05) is 0 Å². The van der Waals surface area contributed by atoms with E-state index in [4.69, 9.17) is 9.15 Å². The number of hydrogen-bond acceptors (Lipinski definition) is 6. The van der Waals surface area contributed by atoms with Crippen molar-refractivity contribution in [2.24, 2.45) is 11.8 Å². The molecule has 4 atom stereocenters. The molecule has 7 nitrogen and oxygen atoms in total. The quantitative estimate of drug-likeness (QED) is 0.640. The molecule has 8 heteroatoms. The second kappa shape index (κ2) is 6.56. The van der Waals surface area contributed by atoms with Gasteiger partial charge in [0.1, 0.15) is 17.1 Å². The molecule has 0 aliphatic carbocycles. The second-order valence-corrected chi connectivity index (χ2v) is 7.05. The molecular formula is C20H19FN2O5. The van der Waals surface area contributed by atoms with Crippen molar-refractivity contribution in [3.8, 4) is 0 Å². The molecule has 28 heavy (non-hydrogen) atoms. The lowest BCUT2D eigenvalue weighted by molar-refractivity contribution is -0.153. The molecule has 2 saturated heterocycles. The van der Waals surface area contributed by atoms with E-state index >= 15 is 0 Å². The van der Waals surface area contributed by atoms with E-state index in [-0.39, 0.29) is 12.3 Å². The van der Waals surface area contributed by atoms with Crippen LogP contribution in [0.4, 0.5) is 10.1 Å². The van der Waals surface area contributed by atoms with Crippen LogP contribution in [-0.4, -0.2) is 29.9 Å². The summed E-state index contributed by atoms with van der Waals surface area (Å²) in [6.07, 6.45) is 1.46. The van der Waals surface area contributed by atoms with Gasteiger partial charge in [0.15, 0.2) is 0 Å². The number of hydrogen-bond donors (Lipinski definition) is 1. The van der Waals surface area contributed by atoms with Crippen molar-refractivity contribution in [3.63, 3.8) is 0 Å². The fourth-order valence-electron chi connectivity index (χ4n) is 4.16. The van der Waals surface area contributed by atoms with Crippen LogP contribution in [0.5, 0.6) is 0 Å². The summed E-state index contributed by atoms with van der Waals surface area (Å²) < 4.78 is 23.9. The molecule has 1 aromatic heterocycles. The first-order valence-electron chi connectivity index (χ1n) is 9.00. The van der Waals surface area contributed by atoms with Gasteiger partial charge in [0, 0.05) is 0 Å². The van der Waals surface area contributed by atoms with Gasteiger partial charge >= 0.3 is 5.97 Å². The van der Waals surface area contributed by atoms with Gasteiger partial charge in [-0.05, 0) is 50.2 Å². The van der Waals surface area contributed by atoms with Gasteiger partial charge in [0.25, 0.3) is 0 Å². The summed E-state index contributed by atoms with van der Waals surface area (Å²) in [5.41, 5.74) is -1.14. The van der Waals surface area contributed by atoms with Crippen LogP contribution in [0.25, 0.3) is 0 Å². The van der Waals surface area contributed by atoms with Crippen LogP contribution in [-0.2, 0) is 19.1 Å². The van der Waals surface area contributed by atoms with Crippen LogP contribution in [0, 0.1) is 17.7 Å². The highest BCUT2D eigenvalue weighted by molar-refractivity contribution is 6.24. The highest BCUT2D eigenvalue weighted by Crippen LogP contribution is 2.50. The zero-order chi connectivity index (χ0) is 20.1. The minimum Gasteiger partial charge on any atom is -0.468 e. The minimum atomic E-state index is -1.40. The Morgan fingerprint density at radius 2 is 1.96 bits per heavy atom. The number of carbonyl (C=O) groups is 3. The highest BCUT2D eigenvalue weighted by atomic mass is 19.1. The van der Waals surface area contributed by atoms with Crippen molar-refractivity contribution in [1.29, 1.82) is 0 Å². The molecule has 2 amide bonds. The summed E-state index contributed by atoms with van der Waals surface area (Å²) in [4.78, 5) is 40.2. The summed E-state index contributed by atoms with van der Waals surface area (Å²) >= 11 is 0. The van der Waals surface area contributed by atoms with Crippen molar-refractivity contribution in [2.75, 3.05) is 11.5 Å². The van der Waals surface area contributed by atoms with Crippen LogP contribution < -0.4 is 10.2 Å². The molecule has 146 valence electrons. The SMILES string of the molecule is CCOC(=O)[C@]1(C)N[C@H](c2ccco2)[C@H]2C(=O)N(c3ccc(F)cc3)C(=O)[C@H]21. The number of anilines is 1. The van der Waals surface area contributed by atoms with Gasteiger partial charge in [-0.2, -0.15) is 0 Å². The molecule has 0 radical (unpaired) electrons. The Labute approximate surface area is 160 Å². The number of furan rings is 1. The molecule has 0 bridgehead atoms. The molecule has 2 aliphatic heterocycles.